The van der Waals surface area contributed by atoms with E-state index in [1.54, 1.807) is 29.2 Å². The molecular weight excluding hydrogens is 933 g/mol. The van der Waals surface area contributed by atoms with Gasteiger partial charge in [0, 0.05) is 25.7 Å². The standard InChI is InChI=1S/C50H76N10O8S2/c1-31-11-16-35(17-12-31)69(65,66)58-47(52)54-27-5-8-40(51)44(62)56-41(9-6-28-55-48(53)59-70(67,68)36-18-13-32(2)14-19-36)46(64)60-29-7-10-42(60)45(63)57-43-22-21-38-37-20-15-33-30-34(61)23-25-49(33,3)39(37)24-26-50(38,43)4/h11-14,16-19,33-34,37-43,61H,5-10,15,20-30,51H2,1-4H3,(H,56,62)(H,57,63)(H3,52,54,58)(H3,53,55,59). The highest BCUT2D eigenvalue weighted by molar-refractivity contribution is 7.90. The topological polar surface area (TPSA) is 294 Å². The fraction of sp³-hybridized carbons (Fsp3) is 0.660. The third-order valence-corrected chi connectivity index (χ3v) is 19.5. The molecular formula is C50H76N10O8S2. The Balaban J connectivity index is 0.979. The number of aliphatic hydroxyl groups excluding tert-OH is 1. The molecule has 0 radical (unpaired) electrons. The van der Waals surface area contributed by atoms with E-state index in [4.69, 9.17) is 17.2 Å². The number of carbonyl (C=O) groups excluding carboxylic acids is 3. The van der Waals surface area contributed by atoms with Gasteiger partial charge in [0.1, 0.15) is 12.1 Å². The Morgan fingerprint density at radius 2 is 1.31 bits per heavy atom. The predicted molar refractivity (Wildman–Crippen MR) is 269 cm³/mol. The van der Waals surface area contributed by atoms with Gasteiger partial charge in [-0.15, -0.1) is 0 Å². The summed E-state index contributed by atoms with van der Waals surface area (Å²) in [6.07, 6.45) is 10.9. The van der Waals surface area contributed by atoms with E-state index in [0.717, 1.165) is 62.5 Å². The quantitative estimate of drug-likeness (QED) is 0.0645. The summed E-state index contributed by atoms with van der Waals surface area (Å²) in [6.45, 7) is 8.94. The lowest BCUT2D eigenvalue weighted by Gasteiger charge is -2.61. The predicted octanol–water partition coefficient (Wildman–Crippen LogP) is 3.44. The molecule has 386 valence electrons. The minimum Gasteiger partial charge on any atom is -0.393 e. The molecule has 0 spiro atoms. The molecule has 4 aliphatic carbocycles. The summed E-state index contributed by atoms with van der Waals surface area (Å²) in [5, 5.41) is 16.8. The average molecular weight is 1010 g/mol. The van der Waals surface area contributed by atoms with Crippen molar-refractivity contribution in [2.24, 2.45) is 61.7 Å². The Kier molecular flexibility index (Phi) is 16.6. The molecule has 4 saturated carbocycles. The fourth-order valence-corrected chi connectivity index (χ4v) is 14.7. The maximum Gasteiger partial charge on any atom is 0.264 e. The molecule has 7 rings (SSSR count). The van der Waals surface area contributed by atoms with Crippen molar-refractivity contribution >= 4 is 49.7 Å². The van der Waals surface area contributed by atoms with Crippen molar-refractivity contribution < 1.29 is 36.3 Å². The number of carbonyl (C=O) groups is 3. The average Bonchev–Trinajstić information content (AvgIpc) is 3.93. The monoisotopic (exact) mass is 1010 g/mol. The first-order chi connectivity index (χ1) is 33.1. The van der Waals surface area contributed by atoms with E-state index >= 15 is 0 Å². The number of benzene rings is 2. The van der Waals surface area contributed by atoms with Crippen LogP contribution in [0.25, 0.3) is 0 Å². The third kappa shape index (κ3) is 11.9. The highest BCUT2D eigenvalue weighted by atomic mass is 32.2. The molecule has 2 aromatic carbocycles. The van der Waals surface area contributed by atoms with Crippen molar-refractivity contribution in [2.75, 3.05) is 19.6 Å². The molecule has 1 saturated heterocycles. The Morgan fingerprint density at radius 3 is 1.91 bits per heavy atom. The number of sulfonamides is 2. The van der Waals surface area contributed by atoms with Gasteiger partial charge in [-0.2, -0.15) is 0 Å². The van der Waals surface area contributed by atoms with Crippen LogP contribution >= 0.6 is 0 Å². The Hall–Kier alpha value is -4.79. The van der Waals surface area contributed by atoms with Gasteiger partial charge in [-0.25, -0.2) is 26.3 Å². The summed E-state index contributed by atoms with van der Waals surface area (Å²) >= 11 is 0. The molecule has 11 unspecified atom stereocenters. The number of amides is 3. The Morgan fingerprint density at radius 1 is 0.757 bits per heavy atom. The lowest BCUT2D eigenvalue weighted by molar-refractivity contribution is -0.143. The highest BCUT2D eigenvalue weighted by Crippen LogP contribution is 2.66. The molecule has 11 atom stereocenters. The molecule has 5 fully saturated rings. The van der Waals surface area contributed by atoms with Crippen LogP contribution in [0.15, 0.2) is 68.3 Å². The zero-order valence-corrected chi connectivity index (χ0v) is 42.9. The van der Waals surface area contributed by atoms with Crippen LogP contribution in [0.2, 0.25) is 0 Å². The number of guanidine groups is 2. The molecule has 18 nitrogen and oxygen atoms in total. The van der Waals surface area contributed by atoms with Crippen LogP contribution < -0.4 is 37.3 Å². The van der Waals surface area contributed by atoms with E-state index in [2.05, 4.69) is 43.9 Å². The van der Waals surface area contributed by atoms with Gasteiger partial charge >= 0.3 is 0 Å². The molecule has 20 heteroatoms. The number of nitrogens with two attached hydrogens (primary N) is 3. The van der Waals surface area contributed by atoms with Gasteiger partial charge in [0.25, 0.3) is 20.0 Å². The van der Waals surface area contributed by atoms with E-state index in [1.165, 1.54) is 30.7 Å². The van der Waals surface area contributed by atoms with Crippen LogP contribution in [-0.4, -0.2) is 106 Å². The van der Waals surface area contributed by atoms with Crippen molar-refractivity contribution in [3.8, 4) is 0 Å². The zero-order valence-electron chi connectivity index (χ0n) is 41.2. The summed E-state index contributed by atoms with van der Waals surface area (Å²) in [7, 11) is -7.94. The van der Waals surface area contributed by atoms with Gasteiger partial charge in [0.2, 0.25) is 29.6 Å². The minimum absolute atomic E-state index is 0.0180. The van der Waals surface area contributed by atoms with Gasteiger partial charge in [0.15, 0.2) is 0 Å². The van der Waals surface area contributed by atoms with Crippen LogP contribution in [0.1, 0.15) is 121 Å². The summed E-state index contributed by atoms with van der Waals surface area (Å²) in [5.74, 6) is 0.448. The number of hydrogen-bond donors (Lipinski definition) is 8. The van der Waals surface area contributed by atoms with Crippen LogP contribution in [-0.2, 0) is 34.4 Å². The molecule has 2 aromatic rings. The van der Waals surface area contributed by atoms with Crippen molar-refractivity contribution in [2.45, 2.75) is 164 Å². The van der Waals surface area contributed by atoms with E-state index < -0.39 is 50.0 Å². The van der Waals surface area contributed by atoms with Gasteiger partial charge in [-0.3, -0.25) is 24.4 Å². The van der Waals surface area contributed by atoms with E-state index in [-0.39, 0.29) is 89.4 Å². The van der Waals surface area contributed by atoms with Crippen LogP contribution in [0.4, 0.5) is 0 Å². The lowest BCUT2D eigenvalue weighted by atomic mass is 9.45. The number of nitrogens with one attached hydrogen (secondary N) is 4. The second-order valence-corrected chi connectivity index (χ2v) is 24.6. The SMILES string of the molecule is Cc1ccc(S(=O)(=O)NC(N)=NCCCC(N)C(=O)NC(CCCN=C(N)NS(=O)(=O)c2ccc(C)cc2)C(=O)N2CCCC2C(=O)NC2CCC3C4CCC5CC(O)CCC5(C)C4CCC23C)cc1. The van der Waals surface area contributed by atoms with E-state index in [1.807, 2.05) is 13.8 Å². The normalized spacial score (nSPS) is 30.0. The smallest absolute Gasteiger partial charge is 0.264 e. The fourth-order valence-electron chi connectivity index (χ4n) is 12.8. The van der Waals surface area contributed by atoms with Gasteiger partial charge < -0.3 is 37.8 Å². The molecule has 0 bridgehead atoms. The summed E-state index contributed by atoms with van der Waals surface area (Å²) < 4.78 is 55.8. The van der Waals surface area contributed by atoms with E-state index in [9.17, 15) is 36.3 Å². The number of aliphatic imine (C=N–C) groups is 2. The second-order valence-electron chi connectivity index (χ2n) is 21.3. The molecule has 1 heterocycles. The highest BCUT2D eigenvalue weighted by Gasteiger charge is 2.60. The van der Waals surface area contributed by atoms with Crippen LogP contribution in [0.5, 0.6) is 0 Å². The molecule has 0 aromatic heterocycles. The van der Waals surface area contributed by atoms with Crippen LogP contribution in [0.3, 0.4) is 0 Å². The molecule has 70 heavy (non-hydrogen) atoms. The number of aryl methyl sites for hydroxylation is 2. The van der Waals surface area contributed by atoms with Crippen molar-refractivity contribution in [1.29, 1.82) is 0 Å². The number of hydrogen-bond acceptors (Lipinski definition) is 11. The van der Waals surface area contributed by atoms with Crippen molar-refractivity contribution in [3.05, 3.63) is 59.7 Å². The summed E-state index contributed by atoms with van der Waals surface area (Å²) in [4.78, 5) is 52.6. The third-order valence-electron chi connectivity index (χ3n) is 16.8. The Bertz CT molecular complexity index is 2490. The summed E-state index contributed by atoms with van der Waals surface area (Å²) in [6, 6.07) is 9.64. The maximum atomic E-state index is 14.6. The molecule has 3 amide bonds. The molecule has 11 N–H and O–H groups in total. The lowest BCUT2D eigenvalue weighted by Crippen LogP contribution is -2.58. The zero-order chi connectivity index (χ0) is 50.6. The number of fused-ring (bicyclic) bond motifs is 5. The first kappa shape index (κ1) is 53.0. The van der Waals surface area contributed by atoms with Gasteiger partial charge in [0.05, 0.1) is 21.9 Å². The first-order valence-electron chi connectivity index (χ1n) is 25.2. The van der Waals surface area contributed by atoms with Crippen molar-refractivity contribution in [3.63, 3.8) is 0 Å². The molecule has 5 aliphatic rings. The molecule has 1 aliphatic heterocycles. The second kappa shape index (κ2) is 21.9. The number of nitrogens with zero attached hydrogens (tertiary/aromatic N) is 3. The summed E-state index contributed by atoms with van der Waals surface area (Å²) in [5.41, 5.74) is 20.2. The number of aliphatic hydroxyl groups is 1. The number of rotatable bonds is 17. The largest absolute Gasteiger partial charge is 0.393 e. The first-order valence-corrected chi connectivity index (χ1v) is 28.2. The number of likely N-dealkylation sites (tertiary alicyclic amines) is 1. The minimum atomic E-state index is -3.99. The maximum absolute atomic E-state index is 14.6. The van der Waals surface area contributed by atoms with Crippen LogP contribution in [0, 0.1) is 48.3 Å². The van der Waals surface area contributed by atoms with Gasteiger partial charge in [-0.1, -0.05) is 49.2 Å². The van der Waals surface area contributed by atoms with E-state index in [0.29, 0.717) is 43.1 Å². The van der Waals surface area contributed by atoms with Gasteiger partial charge in [-0.05, 0) is 169 Å². The van der Waals surface area contributed by atoms with Crippen molar-refractivity contribution in [1.82, 2.24) is 25.0 Å². The Labute approximate surface area is 414 Å².